The van der Waals surface area contributed by atoms with Crippen LogP contribution in [0.5, 0.6) is 0 Å². The molecule has 1 aromatic rings. The molecule has 2 heterocycles. The first-order valence-electron chi connectivity index (χ1n) is 5.14. The fraction of sp³-hybridized carbons (Fsp3) is 0.800. The fourth-order valence-corrected chi connectivity index (χ4v) is 1.94. The lowest BCUT2D eigenvalue weighted by molar-refractivity contribution is 0.152. The van der Waals surface area contributed by atoms with E-state index in [1.807, 2.05) is 10.9 Å². The predicted molar refractivity (Wildman–Crippen MR) is 54.8 cm³/mol. The van der Waals surface area contributed by atoms with Crippen LogP contribution in [-0.4, -0.2) is 33.0 Å². The Hall–Kier alpha value is -0.900. The van der Waals surface area contributed by atoms with Gasteiger partial charge in [0.1, 0.15) is 0 Å². The maximum atomic E-state index is 4.03. The summed E-state index contributed by atoms with van der Waals surface area (Å²) in [6.07, 6.45) is 1.87. The Morgan fingerprint density at radius 2 is 2.14 bits per heavy atom. The molecule has 14 heavy (non-hydrogen) atoms. The van der Waals surface area contributed by atoms with Crippen molar-refractivity contribution >= 4 is 0 Å². The van der Waals surface area contributed by atoms with Crippen LogP contribution >= 0.6 is 0 Å². The first-order chi connectivity index (χ1) is 6.54. The number of nitrogens with zero attached hydrogens (tertiary/aromatic N) is 4. The third-order valence-corrected chi connectivity index (χ3v) is 2.41. The van der Waals surface area contributed by atoms with Crippen molar-refractivity contribution in [3.05, 3.63) is 11.9 Å². The molecule has 0 aliphatic carbocycles. The Morgan fingerprint density at radius 1 is 1.36 bits per heavy atom. The number of aromatic nitrogens is 3. The van der Waals surface area contributed by atoms with E-state index in [4.69, 9.17) is 0 Å². The number of fused-ring (bicyclic) bond motifs is 1. The van der Waals surface area contributed by atoms with E-state index in [1.54, 1.807) is 0 Å². The molecule has 78 valence electrons. The first-order valence-corrected chi connectivity index (χ1v) is 5.14. The minimum atomic E-state index is 0.371. The van der Waals surface area contributed by atoms with Gasteiger partial charge in [-0.2, -0.15) is 0 Å². The molecule has 1 aromatic heterocycles. The highest BCUT2D eigenvalue weighted by Gasteiger charge is 2.21. The molecule has 0 N–H and O–H groups in total. The highest BCUT2D eigenvalue weighted by molar-refractivity contribution is 4.97. The summed E-state index contributed by atoms with van der Waals surface area (Å²) in [6.45, 7) is 11.0. The van der Waals surface area contributed by atoms with E-state index in [0.29, 0.717) is 5.41 Å². The first kappa shape index (κ1) is 9.65. The smallest absolute Gasteiger partial charge is 0.0738 e. The standard InChI is InChI=1S/C10H18N4/c1-10(2,3)8-13-4-5-14-9(7-13)6-11-12-14/h6H,4-5,7-8H2,1-3H3. The molecular formula is C10H18N4. The second-order valence-corrected chi connectivity index (χ2v) is 5.22. The van der Waals surface area contributed by atoms with Crippen LogP contribution in [0.25, 0.3) is 0 Å². The Labute approximate surface area is 84.9 Å². The van der Waals surface area contributed by atoms with Crippen molar-refractivity contribution in [3.63, 3.8) is 0 Å². The van der Waals surface area contributed by atoms with E-state index in [-0.39, 0.29) is 0 Å². The quantitative estimate of drug-likeness (QED) is 0.672. The minimum Gasteiger partial charge on any atom is -0.295 e. The average Bonchev–Trinajstić information content (AvgIpc) is 2.47. The molecule has 1 aliphatic heterocycles. The molecule has 2 rings (SSSR count). The fourth-order valence-electron chi connectivity index (χ4n) is 1.94. The summed E-state index contributed by atoms with van der Waals surface area (Å²) in [5, 5.41) is 7.95. The Balaban J connectivity index is 2.01. The third kappa shape index (κ3) is 2.12. The van der Waals surface area contributed by atoms with Crippen LogP contribution in [0, 0.1) is 5.41 Å². The van der Waals surface area contributed by atoms with Crippen molar-refractivity contribution in [2.45, 2.75) is 33.9 Å². The summed E-state index contributed by atoms with van der Waals surface area (Å²) in [7, 11) is 0. The van der Waals surface area contributed by atoms with E-state index >= 15 is 0 Å². The van der Waals surface area contributed by atoms with Gasteiger partial charge in [0.15, 0.2) is 0 Å². The van der Waals surface area contributed by atoms with Gasteiger partial charge in [0.25, 0.3) is 0 Å². The lowest BCUT2D eigenvalue weighted by atomic mass is 9.96. The van der Waals surface area contributed by atoms with E-state index < -0.39 is 0 Å². The van der Waals surface area contributed by atoms with Gasteiger partial charge in [0.2, 0.25) is 0 Å². The lowest BCUT2D eigenvalue weighted by Crippen LogP contribution is -2.38. The molecule has 4 heteroatoms. The Morgan fingerprint density at radius 3 is 2.86 bits per heavy atom. The molecule has 4 nitrogen and oxygen atoms in total. The zero-order valence-corrected chi connectivity index (χ0v) is 9.19. The van der Waals surface area contributed by atoms with E-state index in [2.05, 4.69) is 36.0 Å². The second kappa shape index (κ2) is 3.35. The maximum absolute atomic E-state index is 4.03. The van der Waals surface area contributed by atoms with Crippen molar-refractivity contribution < 1.29 is 0 Å². The molecule has 1 aliphatic rings. The van der Waals surface area contributed by atoms with Gasteiger partial charge in [0, 0.05) is 19.6 Å². The van der Waals surface area contributed by atoms with Gasteiger partial charge >= 0.3 is 0 Å². The molecular weight excluding hydrogens is 176 g/mol. The van der Waals surface area contributed by atoms with Crippen LogP contribution in [0.3, 0.4) is 0 Å². The van der Waals surface area contributed by atoms with Gasteiger partial charge in [0.05, 0.1) is 18.4 Å². The van der Waals surface area contributed by atoms with Gasteiger partial charge in [-0.15, -0.1) is 5.10 Å². The largest absolute Gasteiger partial charge is 0.295 e. The van der Waals surface area contributed by atoms with Crippen LogP contribution in [0.1, 0.15) is 26.5 Å². The highest BCUT2D eigenvalue weighted by atomic mass is 15.4. The van der Waals surface area contributed by atoms with Crippen LogP contribution < -0.4 is 0 Å². The minimum absolute atomic E-state index is 0.371. The molecule has 0 spiro atoms. The normalized spacial score (nSPS) is 18.2. The van der Waals surface area contributed by atoms with Crippen molar-refractivity contribution in [2.75, 3.05) is 13.1 Å². The topological polar surface area (TPSA) is 34.0 Å². The number of rotatable bonds is 1. The van der Waals surface area contributed by atoms with Gasteiger partial charge < -0.3 is 0 Å². The summed E-state index contributed by atoms with van der Waals surface area (Å²) < 4.78 is 2.00. The summed E-state index contributed by atoms with van der Waals surface area (Å²) in [4.78, 5) is 2.47. The van der Waals surface area contributed by atoms with Crippen molar-refractivity contribution in [1.82, 2.24) is 19.9 Å². The van der Waals surface area contributed by atoms with Crippen molar-refractivity contribution in [3.8, 4) is 0 Å². The monoisotopic (exact) mass is 194 g/mol. The van der Waals surface area contributed by atoms with E-state index in [1.165, 1.54) is 5.69 Å². The third-order valence-electron chi connectivity index (χ3n) is 2.41. The van der Waals surface area contributed by atoms with Gasteiger partial charge in [-0.05, 0) is 5.41 Å². The molecule has 0 saturated heterocycles. The average molecular weight is 194 g/mol. The summed E-state index contributed by atoms with van der Waals surface area (Å²) in [5.74, 6) is 0. The molecule has 0 fully saturated rings. The molecule has 0 unspecified atom stereocenters. The maximum Gasteiger partial charge on any atom is 0.0738 e. The van der Waals surface area contributed by atoms with Crippen LogP contribution in [-0.2, 0) is 13.1 Å². The van der Waals surface area contributed by atoms with E-state index in [9.17, 15) is 0 Å². The molecule has 0 radical (unpaired) electrons. The molecule has 0 amide bonds. The summed E-state index contributed by atoms with van der Waals surface area (Å²) in [6, 6.07) is 0. The van der Waals surface area contributed by atoms with Crippen LogP contribution in [0.4, 0.5) is 0 Å². The van der Waals surface area contributed by atoms with Crippen molar-refractivity contribution in [2.24, 2.45) is 5.41 Å². The number of hydrogen-bond acceptors (Lipinski definition) is 3. The highest BCUT2D eigenvalue weighted by Crippen LogP contribution is 2.18. The van der Waals surface area contributed by atoms with E-state index in [0.717, 1.165) is 26.2 Å². The molecule has 0 aromatic carbocycles. The van der Waals surface area contributed by atoms with Gasteiger partial charge in [-0.3, -0.25) is 4.90 Å². The summed E-state index contributed by atoms with van der Waals surface area (Å²) in [5.41, 5.74) is 1.61. The number of hydrogen-bond donors (Lipinski definition) is 0. The van der Waals surface area contributed by atoms with Gasteiger partial charge in [-0.25, -0.2) is 4.68 Å². The zero-order valence-electron chi connectivity index (χ0n) is 9.19. The SMILES string of the molecule is CC(C)(C)CN1CCn2nncc2C1. The molecule has 0 atom stereocenters. The second-order valence-electron chi connectivity index (χ2n) is 5.22. The predicted octanol–water partition coefficient (Wildman–Crippen LogP) is 1.14. The van der Waals surface area contributed by atoms with Crippen LogP contribution in [0.2, 0.25) is 0 Å². The Kier molecular flexibility index (Phi) is 2.31. The summed E-state index contributed by atoms with van der Waals surface area (Å²) >= 11 is 0. The Bertz CT molecular complexity index is 310. The van der Waals surface area contributed by atoms with Crippen LogP contribution in [0.15, 0.2) is 6.20 Å². The zero-order chi connectivity index (χ0) is 10.2. The lowest BCUT2D eigenvalue weighted by Gasteiger charge is -2.32. The van der Waals surface area contributed by atoms with Crippen molar-refractivity contribution in [1.29, 1.82) is 0 Å². The molecule has 0 saturated carbocycles. The van der Waals surface area contributed by atoms with Gasteiger partial charge in [-0.1, -0.05) is 26.0 Å². The molecule has 0 bridgehead atoms.